The summed E-state index contributed by atoms with van der Waals surface area (Å²) in [6.07, 6.45) is 3.59. The second-order valence-corrected chi connectivity index (χ2v) is 4.58. The van der Waals surface area contributed by atoms with Gasteiger partial charge >= 0.3 is 0 Å². The van der Waals surface area contributed by atoms with Gasteiger partial charge in [-0.3, -0.25) is 9.47 Å². The fraction of sp³-hybridized carbons (Fsp3) is 0.143. The number of alkyl halides is 1. The van der Waals surface area contributed by atoms with Gasteiger partial charge in [0.05, 0.1) is 16.8 Å². The van der Waals surface area contributed by atoms with Crippen molar-refractivity contribution in [2.45, 2.75) is 12.8 Å². The number of hydrogen-bond donors (Lipinski definition) is 0. The van der Waals surface area contributed by atoms with Crippen LogP contribution >= 0.6 is 11.6 Å². The summed E-state index contributed by atoms with van der Waals surface area (Å²) in [7, 11) is 0. The third-order valence-corrected chi connectivity index (χ3v) is 3.33. The molecule has 0 spiro atoms. The maximum atomic E-state index is 12.7. The van der Waals surface area contributed by atoms with E-state index in [-0.39, 0.29) is 11.4 Å². The van der Waals surface area contributed by atoms with Crippen molar-refractivity contribution in [3.8, 4) is 0 Å². The zero-order valence-electron chi connectivity index (χ0n) is 10.4. The Kier molecular flexibility index (Phi) is 2.87. The molecule has 0 amide bonds. The minimum Gasteiger partial charge on any atom is -0.267 e. The molecule has 0 aliphatic rings. The lowest BCUT2D eigenvalue weighted by Crippen LogP contribution is -2.29. The van der Waals surface area contributed by atoms with Gasteiger partial charge in [0.15, 0.2) is 0 Å². The van der Waals surface area contributed by atoms with E-state index >= 15 is 0 Å². The summed E-state index contributed by atoms with van der Waals surface area (Å²) in [5.41, 5.74) is 1.50. The van der Waals surface area contributed by atoms with Crippen LogP contribution in [0.3, 0.4) is 0 Å². The summed E-state index contributed by atoms with van der Waals surface area (Å²) < 4.78 is 3.20. The van der Waals surface area contributed by atoms with E-state index in [2.05, 4.69) is 4.98 Å². The predicted octanol–water partition coefficient (Wildman–Crippen LogP) is 2.56. The molecule has 3 aromatic rings. The van der Waals surface area contributed by atoms with Crippen molar-refractivity contribution in [2.75, 3.05) is 0 Å². The molecule has 0 fully saturated rings. The molecular formula is C14H12ClN3O. The summed E-state index contributed by atoms with van der Waals surface area (Å²) in [6.45, 7) is 1.91. The second kappa shape index (κ2) is 4.55. The fourth-order valence-electron chi connectivity index (χ4n) is 2.22. The van der Waals surface area contributed by atoms with E-state index in [0.29, 0.717) is 16.7 Å². The van der Waals surface area contributed by atoms with Gasteiger partial charge in [0, 0.05) is 12.4 Å². The second-order valence-electron chi connectivity index (χ2n) is 4.31. The monoisotopic (exact) mass is 273 g/mol. The molecule has 0 saturated heterocycles. The lowest BCUT2D eigenvalue weighted by molar-refractivity contribution is 0.598. The van der Waals surface area contributed by atoms with E-state index in [1.54, 1.807) is 17.1 Å². The van der Waals surface area contributed by atoms with E-state index < -0.39 is 0 Å². The third-order valence-electron chi connectivity index (χ3n) is 3.09. The first kappa shape index (κ1) is 12.0. The highest BCUT2D eigenvalue weighted by Gasteiger charge is 2.12. The maximum Gasteiger partial charge on any atom is 0.281 e. The summed E-state index contributed by atoms with van der Waals surface area (Å²) in [4.78, 5) is 17.2. The van der Waals surface area contributed by atoms with Crippen LogP contribution in [0.15, 0.2) is 47.5 Å². The Morgan fingerprint density at radius 1 is 1.21 bits per heavy atom. The SMILES string of the molecule is Cc1cccc2nc(CCl)n(-n3cccc3)c(=O)c12. The van der Waals surface area contributed by atoms with Crippen LogP contribution in [-0.2, 0) is 5.88 Å². The molecule has 0 bridgehead atoms. The Hall–Kier alpha value is -2.07. The molecule has 0 N–H and O–H groups in total. The highest BCUT2D eigenvalue weighted by Crippen LogP contribution is 2.14. The first-order valence-corrected chi connectivity index (χ1v) is 6.46. The van der Waals surface area contributed by atoms with Crippen LogP contribution < -0.4 is 5.56 Å². The number of hydrogen-bond acceptors (Lipinski definition) is 2. The highest BCUT2D eigenvalue weighted by molar-refractivity contribution is 6.16. The quantitative estimate of drug-likeness (QED) is 0.673. The van der Waals surface area contributed by atoms with Crippen LogP contribution in [0.4, 0.5) is 0 Å². The van der Waals surface area contributed by atoms with Crippen LogP contribution in [0.2, 0.25) is 0 Å². The molecule has 4 nitrogen and oxygen atoms in total. The molecule has 1 aromatic carbocycles. The van der Waals surface area contributed by atoms with Crippen molar-refractivity contribution >= 4 is 22.5 Å². The molecule has 19 heavy (non-hydrogen) atoms. The minimum atomic E-state index is -0.102. The molecule has 3 rings (SSSR count). The van der Waals surface area contributed by atoms with Gasteiger partial charge in [0.2, 0.25) is 0 Å². The van der Waals surface area contributed by atoms with Gasteiger partial charge in [0.1, 0.15) is 5.82 Å². The molecular weight excluding hydrogens is 262 g/mol. The standard InChI is InChI=1S/C14H12ClN3O/c1-10-5-4-6-11-13(10)14(19)18(12(9-15)16-11)17-7-2-3-8-17/h2-8H,9H2,1H3. The van der Waals surface area contributed by atoms with Crippen molar-refractivity contribution in [3.63, 3.8) is 0 Å². The molecule has 0 aliphatic carbocycles. The van der Waals surface area contributed by atoms with Crippen LogP contribution in [0, 0.1) is 6.92 Å². The Balaban J connectivity index is 2.47. The lowest BCUT2D eigenvalue weighted by Gasteiger charge is -2.13. The van der Waals surface area contributed by atoms with Gasteiger partial charge in [-0.1, -0.05) is 12.1 Å². The van der Waals surface area contributed by atoms with Crippen molar-refractivity contribution < 1.29 is 0 Å². The highest BCUT2D eigenvalue weighted by atomic mass is 35.5. The Bertz CT molecular complexity index is 790. The van der Waals surface area contributed by atoms with Gasteiger partial charge in [-0.15, -0.1) is 11.6 Å². The smallest absolute Gasteiger partial charge is 0.267 e. The average Bonchev–Trinajstić information content (AvgIpc) is 2.91. The van der Waals surface area contributed by atoms with Crippen molar-refractivity contribution in [3.05, 3.63) is 64.5 Å². The van der Waals surface area contributed by atoms with Gasteiger partial charge in [-0.2, -0.15) is 4.68 Å². The Morgan fingerprint density at radius 3 is 2.63 bits per heavy atom. The number of halogens is 1. The van der Waals surface area contributed by atoms with E-state index in [1.807, 2.05) is 37.3 Å². The summed E-state index contributed by atoms with van der Waals surface area (Å²) in [5, 5.41) is 0.630. The van der Waals surface area contributed by atoms with Crippen LogP contribution in [-0.4, -0.2) is 14.3 Å². The van der Waals surface area contributed by atoms with Gasteiger partial charge in [-0.25, -0.2) is 4.98 Å². The van der Waals surface area contributed by atoms with E-state index in [0.717, 1.165) is 5.56 Å². The van der Waals surface area contributed by atoms with Crippen LogP contribution in [0.25, 0.3) is 10.9 Å². The summed E-state index contributed by atoms with van der Waals surface area (Å²) in [5.74, 6) is 0.707. The van der Waals surface area contributed by atoms with Crippen LogP contribution in [0.5, 0.6) is 0 Å². The molecule has 0 aliphatic heterocycles. The first-order valence-electron chi connectivity index (χ1n) is 5.93. The molecule has 2 heterocycles. The molecule has 0 atom stereocenters. The number of aromatic nitrogens is 3. The maximum absolute atomic E-state index is 12.7. The predicted molar refractivity (Wildman–Crippen MR) is 75.5 cm³/mol. The molecule has 2 aromatic heterocycles. The van der Waals surface area contributed by atoms with Crippen molar-refractivity contribution in [1.82, 2.24) is 14.3 Å². The normalized spacial score (nSPS) is 11.1. The molecule has 96 valence electrons. The molecule has 5 heteroatoms. The first-order chi connectivity index (χ1) is 9.22. The van der Waals surface area contributed by atoms with E-state index in [1.165, 1.54) is 4.68 Å². The van der Waals surface area contributed by atoms with Gasteiger partial charge in [0.25, 0.3) is 5.56 Å². The number of nitrogens with zero attached hydrogens (tertiary/aromatic N) is 3. The zero-order chi connectivity index (χ0) is 13.4. The zero-order valence-corrected chi connectivity index (χ0v) is 11.1. The minimum absolute atomic E-state index is 0.102. The van der Waals surface area contributed by atoms with Gasteiger partial charge in [-0.05, 0) is 30.7 Å². The Labute approximate surface area is 114 Å². The number of benzene rings is 1. The molecule has 0 unspecified atom stereocenters. The van der Waals surface area contributed by atoms with Crippen LogP contribution in [0.1, 0.15) is 11.4 Å². The molecule has 0 radical (unpaired) electrons. The largest absolute Gasteiger partial charge is 0.281 e. The Morgan fingerprint density at radius 2 is 1.95 bits per heavy atom. The van der Waals surface area contributed by atoms with E-state index in [9.17, 15) is 4.79 Å². The lowest BCUT2D eigenvalue weighted by atomic mass is 10.1. The number of fused-ring (bicyclic) bond motifs is 1. The van der Waals surface area contributed by atoms with Crippen molar-refractivity contribution in [1.29, 1.82) is 0 Å². The molecule has 0 saturated carbocycles. The number of rotatable bonds is 2. The van der Waals surface area contributed by atoms with E-state index in [4.69, 9.17) is 11.6 Å². The summed E-state index contributed by atoms with van der Waals surface area (Å²) >= 11 is 5.93. The van der Waals surface area contributed by atoms with Crippen molar-refractivity contribution in [2.24, 2.45) is 0 Å². The van der Waals surface area contributed by atoms with Gasteiger partial charge < -0.3 is 0 Å². The summed E-state index contributed by atoms with van der Waals surface area (Å²) in [6, 6.07) is 9.34. The topological polar surface area (TPSA) is 39.8 Å². The third kappa shape index (κ3) is 1.85. The average molecular weight is 274 g/mol. The fourth-order valence-corrected chi connectivity index (χ4v) is 2.39. The number of aryl methyl sites for hydroxylation is 1.